The molecular weight excluding hydrogens is 357 g/mol. The Hall–Kier alpha value is -1.40. The van der Waals surface area contributed by atoms with Crippen LogP contribution < -0.4 is 5.32 Å². The summed E-state index contributed by atoms with van der Waals surface area (Å²) in [6, 6.07) is 11.2. The molecule has 0 fully saturated rings. The molecule has 0 aromatic heterocycles. The number of anilines is 1. The van der Waals surface area contributed by atoms with E-state index in [-0.39, 0.29) is 16.7 Å². The molecule has 1 atom stereocenters. The van der Waals surface area contributed by atoms with Crippen LogP contribution in [-0.2, 0) is 9.84 Å². The third-order valence-electron chi connectivity index (χ3n) is 3.56. The molecule has 1 heterocycles. The normalized spacial score (nSPS) is 19.8. The molecule has 3 rings (SSSR count). The molecule has 0 saturated carbocycles. The van der Waals surface area contributed by atoms with Gasteiger partial charge in [0.2, 0.25) is 0 Å². The summed E-state index contributed by atoms with van der Waals surface area (Å²) in [4.78, 5) is 0.222. The molecule has 0 amide bonds. The van der Waals surface area contributed by atoms with Crippen LogP contribution in [0, 0.1) is 5.82 Å². The van der Waals surface area contributed by atoms with Crippen molar-refractivity contribution in [3.8, 4) is 0 Å². The number of rotatable bonds is 2. The van der Waals surface area contributed by atoms with Gasteiger partial charge < -0.3 is 5.32 Å². The lowest BCUT2D eigenvalue weighted by atomic mass is 10.0. The summed E-state index contributed by atoms with van der Waals surface area (Å²) < 4.78 is 38.6. The average Bonchev–Trinajstić information content (AvgIpc) is 2.44. The molecule has 110 valence electrons. The fourth-order valence-corrected chi connectivity index (χ4v) is 4.53. The molecule has 1 aliphatic rings. The maximum atomic E-state index is 13.5. The highest BCUT2D eigenvalue weighted by Crippen LogP contribution is 2.36. The molecule has 0 saturated heterocycles. The van der Waals surface area contributed by atoms with Crippen molar-refractivity contribution in [2.75, 3.05) is 11.1 Å². The SMILES string of the molecule is O=S1(=O)CCC(Nc2ccccc2Br)c2cc(F)ccc21. The molecule has 2 aromatic rings. The molecule has 0 spiro atoms. The Labute approximate surface area is 131 Å². The smallest absolute Gasteiger partial charge is 0.178 e. The predicted octanol–water partition coefficient (Wildman–Crippen LogP) is 3.92. The van der Waals surface area contributed by atoms with E-state index in [0.29, 0.717) is 12.0 Å². The summed E-state index contributed by atoms with van der Waals surface area (Å²) in [5.74, 6) is -0.363. The molecule has 3 nitrogen and oxygen atoms in total. The summed E-state index contributed by atoms with van der Waals surface area (Å²) in [6.07, 6.45) is 0.417. The zero-order chi connectivity index (χ0) is 15.0. The van der Waals surface area contributed by atoms with E-state index >= 15 is 0 Å². The molecular formula is C15H13BrFNO2S. The maximum absolute atomic E-state index is 13.5. The molecule has 1 N–H and O–H groups in total. The van der Waals surface area contributed by atoms with Crippen LogP contribution in [0.4, 0.5) is 10.1 Å². The van der Waals surface area contributed by atoms with Crippen molar-refractivity contribution in [2.45, 2.75) is 17.4 Å². The summed E-state index contributed by atoms with van der Waals surface area (Å²) in [6.45, 7) is 0. The standard InChI is InChI=1S/C15H13BrFNO2S/c16-12-3-1-2-4-14(12)18-13-7-8-21(19,20)15-6-5-10(17)9-11(13)15/h1-6,9,13,18H,7-8H2. The highest BCUT2D eigenvalue weighted by Gasteiger charge is 2.30. The van der Waals surface area contributed by atoms with Crippen LogP contribution in [0.1, 0.15) is 18.0 Å². The first-order chi connectivity index (χ1) is 9.97. The quantitative estimate of drug-likeness (QED) is 0.816. The fourth-order valence-electron chi connectivity index (χ4n) is 2.53. The van der Waals surface area contributed by atoms with E-state index < -0.39 is 15.7 Å². The number of para-hydroxylation sites is 1. The van der Waals surface area contributed by atoms with E-state index in [1.165, 1.54) is 18.2 Å². The maximum Gasteiger partial charge on any atom is 0.178 e. The first-order valence-corrected chi connectivity index (χ1v) is 8.95. The Morgan fingerprint density at radius 2 is 1.95 bits per heavy atom. The van der Waals surface area contributed by atoms with Crippen molar-refractivity contribution in [3.05, 3.63) is 58.3 Å². The molecule has 2 aromatic carbocycles. The zero-order valence-corrected chi connectivity index (χ0v) is 13.4. The van der Waals surface area contributed by atoms with Crippen molar-refractivity contribution in [1.82, 2.24) is 0 Å². The number of nitrogens with one attached hydrogen (secondary N) is 1. The Morgan fingerprint density at radius 3 is 2.71 bits per heavy atom. The van der Waals surface area contributed by atoms with Crippen LogP contribution in [0.15, 0.2) is 51.8 Å². The molecule has 1 aliphatic heterocycles. The number of halogens is 2. The Balaban J connectivity index is 2.03. The Morgan fingerprint density at radius 1 is 1.19 bits per heavy atom. The highest BCUT2D eigenvalue weighted by atomic mass is 79.9. The molecule has 0 aliphatic carbocycles. The summed E-state index contributed by atoms with van der Waals surface area (Å²) in [7, 11) is -3.31. The average molecular weight is 370 g/mol. The van der Waals surface area contributed by atoms with E-state index in [4.69, 9.17) is 0 Å². The topological polar surface area (TPSA) is 46.2 Å². The van der Waals surface area contributed by atoms with E-state index in [9.17, 15) is 12.8 Å². The van der Waals surface area contributed by atoms with Crippen molar-refractivity contribution < 1.29 is 12.8 Å². The minimum absolute atomic E-state index is 0.0632. The van der Waals surface area contributed by atoms with Crippen LogP contribution in [0.2, 0.25) is 0 Å². The molecule has 0 radical (unpaired) electrons. The van der Waals surface area contributed by atoms with E-state index in [1.807, 2.05) is 24.3 Å². The van der Waals surface area contributed by atoms with Crippen LogP contribution in [0.5, 0.6) is 0 Å². The largest absolute Gasteiger partial charge is 0.377 e. The van der Waals surface area contributed by atoms with Crippen molar-refractivity contribution in [2.24, 2.45) is 0 Å². The van der Waals surface area contributed by atoms with Crippen molar-refractivity contribution in [1.29, 1.82) is 0 Å². The summed E-state index contributed by atoms with van der Waals surface area (Å²) in [5, 5.41) is 3.29. The third-order valence-corrected chi connectivity index (χ3v) is 6.07. The zero-order valence-electron chi connectivity index (χ0n) is 11.0. The van der Waals surface area contributed by atoms with Crippen molar-refractivity contribution in [3.63, 3.8) is 0 Å². The van der Waals surface area contributed by atoms with Gasteiger partial charge in [-0.15, -0.1) is 0 Å². The van der Waals surface area contributed by atoms with E-state index in [2.05, 4.69) is 21.2 Å². The van der Waals surface area contributed by atoms with Crippen LogP contribution in [0.3, 0.4) is 0 Å². The number of hydrogen-bond acceptors (Lipinski definition) is 3. The van der Waals surface area contributed by atoms with Crippen molar-refractivity contribution >= 4 is 31.5 Å². The lowest BCUT2D eigenvalue weighted by molar-refractivity contribution is 0.570. The van der Waals surface area contributed by atoms with Gasteiger partial charge in [0.25, 0.3) is 0 Å². The number of benzene rings is 2. The second kappa shape index (κ2) is 5.42. The number of fused-ring (bicyclic) bond motifs is 1. The van der Waals surface area contributed by atoms with Gasteiger partial charge in [-0.2, -0.15) is 0 Å². The lowest BCUT2D eigenvalue weighted by Crippen LogP contribution is -2.25. The van der Waals surface area contributed by atoms with Crippen LogP contribution >= 0.6 is 15.9 Å². The molecule has 21 heavy (non-hydrogen) atoms. The van der Waals surface area contributed by atoms with Gasteiger partial charge >= 0.3 is 0 Å². The van der Waals surface area contributed by atoms with E-state index in [0.717, 1.165) is 10.2 Å². The van der Waals surface area contributed by atoms with Gasteiger partial charge in [0.1, 0.15) is 5.82 Å². The van der Waals surface area contributed by atoms with E-state index in [1.54, 1.807) is 0 Å². The predicted molar refractivity (Wildman–Crippen MR) is 83.6 cm³/mol. The van der Waals surface area contributed by atoms with Gasteiger partial charge in [-0.25, -0.2) is 12.8 Å². The van der Waals surface area contributed by atoms with Gasteiger partial charge in [-0.05, 0) is 58.2 Å². The molecule has 6 heteroatoms. The Kier molecular flexibility index (Phi) is 3.75. The summed E-state index contributed by atoms with van der Waals surface area (Å²) in [5.41, 5.74) is 1.36. The van der Waals surface area contributed by atoms with Gasteiger partial charge in [0.15, 0.2) is 9.84 Å². The van der Waals surface area contributed by atoms with Crippen LogP contribution in [-0.4, -0.2) is 14.2 Å². The fraction of sp³-hybridized carbons (Fsp3) is 0.200. The van der Waals surface area contributed by atoms with Gasteiger partial charge in [0.05, 0.1) is 16.7 Å². The molecule has 1 unspecified atom stereocenters. The van der Waals surface area contributed by atoms with Gasteiger partial charge in [-0.1, -0.05) is 12.1 Å². The second-order valence-electron chi connectivity index (χ2n) is 4.97. The minimum atomic E-state index is -3.31. The summed E-state index contributed by atoms with van der Waals surface area (Å²) >= 11 is 3.45. The monoisotopic (exact) mass is 369 g/mol. The van der Waals surface area contributed by atoms with Gasteiger partial charge in [-0.3, -0.25) is 0 Å². The van der Waals surface area contributed by atoms with Gasteiger partial charge in [0, 0.05) is 10.2 Å². The number of sulfone groups is 1. The lowest BCUT2D eigenvalue weighted by Gasteiger charge is -2.27. The third kappa shape index (κ3) is 2.82. The molecule has 0 bridgehead atoms. The minimum Gasteiger partial charge on any atom is -0.377 e. The Bertz CT molecular complexity index is 792. The van der Waals surface area contributed by atoms with Crippen LogP contribution in [0.25, 0.3) is 0 Å². The highest BCUT2D eigenvalue weighted by molar-refractivity contribution is 9.10. The first-order valence-electron chi connectivity index (χ1n) is 6.51. The number of hydrogen-bond donors (Lipinski definition) is 1. The first kappa shape index (κ1) is 14.5. The second-order valence-corrected chi connectivity index (χ2v) is 7.90.